The Balaban J connectivity index is 0.000000574. The number of aryl methyl sites for hydroxylation is 1. The molecular formula is C13H20N4O. The smallest absolute Gasteiger partial charge is 0.232 e. The molecule has 1 aliphatic rings. The van der Waals surface area contributed by atoms with Crippen LogP contribution in [0.2, 0.25) is 0 Å². The van der Waals surface area contributed by atoms with Crippen molar-refractivity contribution < 1.29 is 4.74 Å². The van der Waals surface area contributed by atoms with Gasteiger partial charge in [-0.25, -0.2) is 0 Å². The van der Waals surface area contributed by atoms with Crippen LogP contribution in [0.25, 0.3) is 5.65 Å². The standard InChI is InChI=1S/C11H14N4O.C2H6/c1-2-9-12-13-10-6-7-11(14-15(9)10)16-8-4-3-5-8;1-2/h6-8H,2-5H2,1H3;1-2H3. The Labute approximate surface area is 107 Å². The number of ether oxygens (including phenoxy) is 1. The van der Waals surface area contributed by atoms with E-state index in [9.17, 15) is 0 Å². The Bertz CT molecular complexity index is 505. The van der Waals surface area contributed by atoms with E-state index in [1.54, 1.807) is 4.52 Å². The molecule has 0 spiro atoms. The van der Waals surface area contributed by atoms with Crippen LogP contribution in [0.3, 0.4) is 0 Å². The molecule has 0 radical (unpaired) electrons. The first kappa shape index (κ1) is 12.8. The summed E-state index contributed by atoms with van der Waals surface area (Å²) in [4.78, 5) is 0. The average molecular weight is 248 g/mol. The molecule has 5 nitrogen and oxygen atoms in total. The fourth-order valence-corrected chi connectivity index (χ4v) is 1.76. The van der Waals surface area contributed by atoms with Gasteiger partial charge in [0.2, 0.25) is 5.88 Å². The van der Waals surface area contributed by atoms with Gasteiger partial charge in [-0.1, -0.05) is 20.8 Å². The molecule has 0 unspecified atom stereocenters. The zero-order valence-electron chi connectivity index (χ0n) is 11.3. The molecule has 0 N–H and O–H groups in total. The molecule has 2 aromatic rings. The van der Waals surface area contributed by atoms with E-state index in [4.69, 9.17) is 4.74 Å². The number of nitrogens with zero attached hydrogens (tertiary/aromatic N) is 4. The van der Waals surface area contributed by atoms with Crippen molar-refractivity contribution in [2.45, 2.75) is 52.6 Å². The summed E-state index contributed by atoms with van der Waals surface area (Å²) in [5.74, 6) is 1.54. The van der Waals surface area contributed by atoms with Crippen LogP contribution in [0.4, 0.5) is 0 Å². The monoisotopic (exact) mass is 248 g/mol. The number of aromatic nitrogens is 4. The summed E-state index contributed by atoms with van der Waals surface area (Å²) in [7, 11) is 0. The van der Waals surface area contributed by atoms with Gasteiger partial charge in [-0.2, -0.15) is 4.52 Å². The second-order valence-electron chi connectivity index (χ2n) is 4.08. The van der Waals surface area contributed by atoms with Gasteiger partial charge in [0.15, 0.2) is 11.5 Å². The van der Waals surface area contributed by atoms with Crippen LogP contribution in [-0.2, 0) is 6.42 Å². The third kappa shape index (κ3) is 2.44. The minimum absolute atomic E-state index is 0.353. The zero-order valence-corrected chi connectivity index (χ0v) is 11.3. The minimum Gasteiger partial charge on any atom is -0.473 e. The first-order chi connectivity index (χ1) is 8.86. The van der Waals surface area contributed by atoms with E-state index in [2.05, 4.69) is 15.3 Å². The van der Waals surface area contributed by atoms with Gasteiger partial charge < -0.3 is 4.74 Å². The molecule has 2 aromatic heterocycles. The van der Waals surface area contributed by atoms with E-state index >= 15 is 0 Å². The highest BCUT2D eigenvalue weighted by molar-refractivity contribution is 5.37. The minimum atomic E-state index is 0.353. The van der Waals surface area contributed by atoms with E-state index < -0.39 is 0 Å². The largest absolute Gasteiger partial charge is 0.473 e. The van der Waals surface area contributed by atoms with Crippen LogP contribution in [0.15, 0.2) is 12.1 Å². The summed E-state index contributed by atoms with van der Waals surface area (Å²) in [6, 6.07) is 3.76. The molecule has 0 atom stereocenters. The lowest BCUT2D eigenvalue weighted by Gasteiger charge is -2.25. The van der Waals surface area contributed by atoms with Crippen molar-refractivity contribution in [2.75, 3.05) is 0 Å². The van der Waals surface area contributed by atoms with Gasteiger partial charge >= 0.3 is 0 Å². The molecule has 0 aliphatic heterocycles. The first-order valence-electron chi connectivity index (χ1n) is 6.75. The van der Waals surface area contributed by atoms with Crippen molar-refractivity contribution in [3.05, 3.63) is 18.0 Å². The zero-order chi connectivity index (χ0) is 13.0. The van der Waals surface area contributed by atoms with Gasteiger partial charge in [0, 0.05) is 12.5 Å². The maximum Gasteiger partial charge on any atom is 0.232 e. The second-order valence-corrected chi connectivity index (χ2v) is 4.08. The van der Waals surface area contributed by atoms with Crippen molar-refractivity contribution >= 4 is 5.65 Å². The highest BCUT2D eigenvalue weighted by Gasteiger charge is 2.20. The first-order valence-corrected chi connectivity index (χ1v) is 6.75. The number of rotatable bonds is 3. The molecule has 3 rings (SSSR count). The van der Waals surface area contributed by atoms with Crippen LogP contribution in [0, 0.1) is 0 Å². The molecule has 0 bridgehead atoms. The van der Waals surface area contributed by atoms with Crippen molar-refractivity contribution in [1.82, 2.24) is 19.8 Å². The van der Waals surface area contributed by atoms with Crippen molar-refractivity contribution in [3.63, 3.8) is 0 Å². The van der Waals surface area contributed by atoms with E-state index in [1.165, 1.54) is 6.42 Å². The van der Waals surface area contributed by atoms with Crippen molar-refractivity contribution in [3.8, 4) is 5.88 Å². The SMILES string of the molecule is CC.CCc1nnc2ccc(OC3CCC3)nn12. The molecule has 2 heterocycles. The summed E-state index contributed by atoms with van der Waals surface area (Å²) in [5, 5.41) is 12.5. The third-order valence-electron chi connectivity index (χ3n) is 2.96. The predicted octanol–water partition coefficient (Wildman–Crippen LogP) is 2.64. The van der Waals surface area contributed by atoms with Crippen LogP contribution in [0.1, 0.15) is 45.9 Å². The van der Waals surface area contributed by atoms with Gasteiger partial charge in [-0.05, 0) is 25.3 Å². The quantitative estimate of drug-likeness (QED) is 0.838. The molecule has 5 heteroatoms. The Morgan fingerprint density at radius 2 is 2.06 bits per heavy atom. The fraction of sp³-hybridized carbons (Fsp3) is 0.615. The van der Waals surface area contributed by atoms with Crippen molar-refractivity contribution in [2.24, 2.45) is 0 Å². The molecule has 0 saturated heterocycles. The second kappa shape index (κ2) is 5.80. The van der Waals surface area contributed by atoms with Gasteiger partial charge in [-0.3, -0.25) is 0 Å². The summed E-state index contributed by atoms with van der Waals surface area (Å²) in [6.45, 7) is 6.04. The average Bonchev–Trinajstić information content (AvgIpc) is 2.78. The van der Waals surface area contributed by atoms with E-state index in [0.717, 1.165) is 30.7 Å². The normalized spacial score (nSPS) is 14.8. The molecule has 98 valence electrons. The lowest BCUT2D eigenvalue weighted by molar-refractivity contribution is 0.113. The summed E-state index contributed by atoms with van der Waals surface area (Å²) in [6.07, 6.45) is 4.72. The van der Waals surface area contributed by atoms with Gasteiger partial charge in [0.1, 0.15) is 6.10 Å². The lowest BCUT2D eigenvalue weighted by atomic mass is 9.96. The van der Waals surface area contributed by atoms with E-state index in [-0.39, 0.29) is 0 Å². The molecular weight excluding hydrogens is 228 g/mol. The molecule has 1 fully saturated rings. The van der Waals surface area contributed by atoms with E-state index in [0.29, 0.717) is 12.0 Å². The molecule has 0 amide bonds. The topological polar surface area (TPSA) is 52.3 Å². The van der Waals surface area contributed by atoms with Gasteiger partial charge in [-0.15, -0.1) is 15.3 Å². The van der Waals surface area contributed by atoms with Gasteiger partial charge in [0.25, 0.3) is 0 Å². The van der Waals surface area contributed by atoms with Crippen LogP contribution < -0.4 is 4.74 Å². The molecule has 1 aliphatic carbocycles. The predicted molar refractivity (Wildman–Crippen MR) is 69.8 cm³/mol. The molecule has 1 saturated carbocycles. The van der Waals surface area contributed by atoms with Gasteiger partial charge in [0.05, 0.1) is 0 Å². The fourth-order valence-electron chi connectivity index (χ4n) is 1.76. The highest BCUT2D eigenvalue weighted by atomic mass is 16.5. The Morgan fingerprint density at radius 3 is 2.67 bits per heavy atom. The highest BCUT2D eigenvalue weighted by Crippen LogP contribution is 2.23. The summed E-state index contributed by atoms with van der Waals surface area (Å²) >= 11 is 0. The van der Waals surface area contributed by atoms with Crippen molar-refractivity contribution in [1.29, 1.82) is 0 Å². The number of fused-ring (bicyclic) bond motifs is 1. The number of hydrogen-bond acceptors (Lipinski definition) is 4. The maximum absolute atomic E-state index is 5.74. The number of hydrogen-bond donors (Lipinski definition) is 0. The molecule has 18 heavy (non-hydrogen) atoms. The third-order valence-corrected chi connectivity index (χ3v) is 2.96. The van der Waals surface area contributed by atoms with Crippen LogP contribution >= 0.6 is 0 Å². The maximum atomic E-state index is 5.74. The Kier molecular flexibility index (Phi) is 4.12. The molecule has 0 aromatic carbocycles. The van der Waals surface area contributed by atoms with Crippen LogP contribution in [-0.4, -0.2) is 25.9 Å². The lowest BCUT2D eigenvalue weighted by Crippen LogP contribution is -2.25. The summed E-state index contributed by atoms with van der Waals surface area (Å²) < 4.78 is 7.50. The Morgan fingerprint density at radius 1 is 1.28 bits per heavy atom. The van der Waals surface area contributed by atoms with Crippen LogP contribution in [0.5, 0.6) is 5.88 Å². The van der Waals surface area contributed by atoms with E-state index in [1.807, 2.05) is 32.9 Å². The summed E-state index contributed by atoms with van der Waals surface area (Å²) in [5.41, 5.74) is 0.776. The Hall–Kier alpha value is -1.65.